The van der Waals surface area contributed by atoms with Gasteiger partial charge in [0.2, 0.25) is 0 Å². The van der Waals surface area contributed by atoms with Gasteiger partial charge in [0.15, 0.2) is 5.84 Å². The fourth-order valence-electron chi connectivity index (χ4n) is 1.88. The van der Waals surface area contributed by atoms with E-state index in [0.29, 0.717) is 12.3 Å². The summed E-state index contributed by atoms with van der Waals surface area (Å²) in [5.74, 6) is 0.206. The fourth-order valence-corrected chi connectivity index (χ4v) is 1.88. The first-order chi connectivity index (χ1) is 9.63. The number of benzene rings is 1. The molecule has 104 valence electrons. The Kier molecular flexibility index (Phi) is 4.30. The number of nitrogens with zero attached hydrogens (tertiary/aromatic N) is 3. The summed E-state index contributed by atoms with van der Waals surface area (Å²) in [5.41, 5.74) is 1.23. The molecule has 5 heteroatoms. The van der Waals surface area contributed by atoms with Gasteiger partial charge in [-0.05, 0) is 0 Å². The van der Waals surface area contributed by atoms with Crippen LogP contribution in [0.4, 0.5) is 0 Å². The summed E-state index contributed by atoms with van der Waals surface area (Å²) in [6.07, 6.45) is 2.23. The summed E-state index contributed by atoms with van der Waals surface area (Å²) in [5, 5.41) is 0. The second-order valence-corrected chi connectivity index (χ2v) is 4.40. The Hall–Kier alpha value is -2.43. The maximum absolute atomic E-state index is 11.5. The van der Waals surface area contributed by atoms with Crippen LogP contribution in [0.1, 0.15) is 12.0 Å². The summed E-state index contributed by atoms with van der Waals surface area (Å²) in [7, 11) is 3.11. The van der Waals surface area contributed by atoms with Crippen LogP contribution in [0.15, 0.2) is 52.6 Å². The molecule has 0 fully saturated rings. The Bertz CT molecular complexity index is 564. The van der Waals surface area contributed by atoms with Gasteiger partial charge in [-0.25, -0.2) is 14.8 Å². The molecule has 0 saturated heterocycles. The van der Waals surface area contributed by atoms with Gasteiger partial charge < -0.3 is 9.64 Å². The largest absolute Gasteiger partial charge is 0.464 e. The van der Waals surface area contributed by atoms with Gasteiger partial charge in [0.05, 0.1) is 7.11 Å². The lowest BCUT2D eigenvalue weighted by Crippen LogP contribution is -2.35. The number of likely N-dealkylation sites (N-methyl/N-ethyl adjacent to an activating group) is 1. The second-order valence-electron chi connectivity index (χ2n) is 4.40. The zero-order valence-electron chi connectivity index (χ0n) is 11.6. The first kappa shape index (κ1) is 14.0. The summed E-state index contributed by atoms with van der Waals surface area (Å²) in [6.45, 7) is 3.74. The molecule has 1 aliphatic heterocycles. The highest BCUT2D eigenvalue weighted by molar-refractivity contribution is 6.04. The van der Waals surface area contributed by atoms with Crippen molar-refractivity contribution in [2.24, 2.45) is 9.98 Å². The minimum atomic E-state index is -0.452. The first-order valence-electron chi connectivity index (χ1n) is 6.29. The van der Waals surface area contributed by atoms with E-state index in [1.54, 1.807) is 18.2 Å². The van der Waals surface area contributed by atoms with Crippen molar-refractivity contribution in [3.05, 3.63) is 48.2 Å². The van der Waals surface area contributed by atoms with Crippen LogP contribution in [-0.2, 0) is 9.53 Å². The number of ether oxygens (including phenoxy) is 1. The molecule has 0 aliphatic carbocycles. The molecular weight excluding hydrogens is 254 g/mol. The molecule has 1 atom stereocenters. The lowest BCUT2D eigenvalue weighted by Gasteiger charge is -2.28. The third-order valence-corrected chi connectivity index (χ3v) is 3.13. The Balaban J connectivity index is 2.19. The molecule has 0 radical (unpaired) electrons. The van der Waals surface area contributed by atoms with E-state index >= 15 is 0 Å². The summed E-state index contributed by atoms with van der Waals surface area (Å²) in [4.78, 5) is 22.1. The van der Waals surface area contributed by atoms with E-state index in [1.807, 2.05) is 30.3 Å². The van der Waals surface area contributed by atoms with Crippen LogP contribution in [0.3, 0.4) is 0 Å². The highest BCUT2D eigenvalue weighted by atomic mass is 16.5. The van der Waals surface area contributed by atoms with Crippen molar-refractivity contribution in [3.63, 3.8) is 0 Å². The van der Waals surface area contributed by atoms with Crippen molar-refractivity contribution in [1.29, 1.82) is 0 Å². The molecule has 1 unspecified atom stereocenters. The third kappa shape index (κ3) is 2.93. The maximum Gasteiger partial charge on any atom is 0.353 e. The SMILES string of the molecule is C=C(C(=O)OC)N(C)C1CC=NC(c2ccccc2)=N1. The number of methoxy groups -OCH3 is 1. The number of esters is 1. The van der Waals surface area contributed by atoms with Crippen molar-refractivity contribution in [1.82, 2.24) is 4.90 Å². The average molecular weight is 271 g/mol. The lowest BCUT2D eigenvalue weighted by atomic mass is 10.2. The van der Waals surface area contributed by atoms with E-state index in [9.17, 15) is 4.79 Å². The first-order valence-corrected chi connectivity index (χ1v) is 6.29. The van der Waals surface area contributed by atoms with E-state index in [1.165, 1.54) is 7.11 Å². The smallest absolute Gasteiger partial charge is 0.353 e. The van der Waals surface area contributed by atoms with Gasteiger partial charge >= 0.3 is 5.97 Å². The second kappa shape index (κ2) is 6.14. The van der Waals surface area contributed by atoms with Gasteiger partial charge in [-0.1, -0.05) is 36.9 Å². The minimum Gasteiger partial charge on any atom is -0.464 e. The van der Waals surface area contributed by atoms with Crippen molar-refractivity contribution in [2.45, 2.75) is 12.6 Å². The van der Waals surface area contributed by atoms with Gasteiger partial charge in [0.25, 0.3) is 0 Å². The van der Waals surface area contributed by atoms with Crippen LogP contribution in [-0.4, -0.2) is 43.2 Å². The average Bonchev–Trinajstić information content (AvgIpc) is 2.53. The van der Waals surface area contributed by atoms with Gasteiger partial charge in [-0.15, -0.1) is 0 Å². The predicted octanol–water partition coefficient (Wildman–Crippen LogP) is 1.85. The molecule has 0 saturated carbocycles. The topological polar surface area (TPSA) is 54.3 Å². The number of hydrogen-bond acceptors (Lipinski definition) is 5. The molecule has 1 heterocycles. The van der Waals surface area contributed by atoms with Gasteiger partial charge in [-0.2, -0.15) is 0 Å². The fraction of sp³-hybridized carbons (Fsp3) is 0.267. The molecule has 0 spiro atoms. The van der Waals surface area contributed by atoms with E-state index in [2.05, 4.69) is 21.3 Å². The maximum atomic E-state index is 11.5. The molecule has 0 N–H and O–H groups in total. The minimum absolute atomic E-state index is 0.200. The molecular formula is C15H17N3O2. The van der Waals surface area contributed by atoms with Crippen LogP contribution in [0.5, 0.6) is 0 Å². The Morgan fingerprint density at radius 2 is 2.10 bits per heavy atom. The number of amidine groups is 1. The molecule has 2 rings (SSSR count). The zero-order valence-corrected chi connectivity index (χ0v) is 11.6. The summed E-state index contributed by atoms with van der Waals surface area (Å²) >= 11 is 0. The molecule has 20 heavy (non-hydrogen) atoms. The number of hydrogen-bond donors (Lipinski definition) is 0. The molecule has 0 amide bonds. The lowest BCUT2D eigenvalue weighted by molar-refractivity contribution is -0.138. The third-order valence-electron chi connectivity index (χ3n) is 3.13. The van der Waals surface area contributed by atoms with E-state index < -0.39 is 5.97 Å². The van der Waals surface area contributed by atoms with Crippen molar-refractivity contribution < 1.29 is 9.53 Å². The molecule has 0 bridgehead atoms. The van der Waals surface area contributed by atoms with Crippen LogP contribution >= 0.6 is 0 Å². The highest BCUT2D eigenvalue weighted by Gasteiger charge is 2.22. The molecule has 1 aromatic carbocycles. The molecule has 5 nitrogen and oxygen atoms in total. The normalized spacial score (nSPS) is 17.3. The van der Waals surface area contributed by atoms with Crippen molar-refractivity contribution in [2.75, 3.05) is 14.2 Å². The summed E-state index contributed by atoms with van der Waals surface area (Å²) in [6, 6.07) is 9.73. The Labute approximate surface area is 118 Å². The van der Waals surface area contributed by atoms with Crippen LogP contribution in [0, 0.1) is 0 Å². The van der Waals surface area contributed by atoms with Gasteiger partial charge in [0, 0.05) is 25.2 Å². The quantitative estimate of drug-likeness (QED) is 0.620. The number of rotatable bonds is 4. The Morgan fingerprint density at radius 1 is 1.40 bits per heavy atom. The van der Waals surface area contributed by atoms with Gasteiger partial charge in [-0.3, -0.25) is 0 Å². The summed E-state index contributed by atoms with van der Waals surface area (Å²) < 4.78 is 4.67. The number of carbonyl (C=O) groups excluding carboxylic acids is 1. The molecule has 1 aliphatic rings. The van der Waals surface area contributed by atoms with Gasteiger partial charge in [0.1, 0.15) is 11.9 Å². The van der Waals surface area contributed by atoms with E-state index in [0.717, 1.165) is 5.56 Å². The molecule has 1 aromatic rings. The molecule has 0 aromatic heterocycles. The monoisotopic (exact) mass is 271 g/mol. The number of aliphatic imine (C=N–C) groups is 2. The number of carbonyl (C=O) groups is 1. The van der Waals surface area contributed by atoms with Crippen LogP contribution in [0.25, 0.3) is 0 Å². The van der Waals surface area contributed by atoms with Crippen LogP contribution in [0.2, 0.25) is 0 Å². The predicted molar refractivity (Wildman–Crippen MR) is 78.8 cm³/mol. The van der Waals surface area contributed by atoms with E-state index in [-0.39, 0.29) is 11.9 Å². The standard InChI is InChI=1S/C15H17N3O2/c1-11(15(19)20-3)18(2)13-9-10-16-14(17-13)12-7-5-4-6-8-12/h4-8,10,13H,1,9H2,2-3H3. The van der Waals surface area contributed by atoms with Crippen LogP contribution < -0.4 is 0 Å². The van der Waals surface area contributed by atoms with Crippen molar-refractivity contribution in [3.8, 4) is 0 Å². The zero-order chi connectivity index (χ0) is 14.5. The Morgan fingerprint density at radius 3 is 2.75 bits per heavy atom. The van der Waals surface area contributed by atoms with E-state index in [4.69, 9.17) is 0 Å². The highest BCUT2D eigenvalue weighted by Crippen LogP contribution is 2.16. The van der Waals surface area contributed by atoms with Crippen molar-refractivity contribution >= 4 is 18.0 Å².